The highest BCUT2D eigenvalue weighted by atomic mass is 79.9. The van der Waals surface area contributed by atoms with Gasteiger partial charge in [-0.2, -0.15) is 0 Å². The lowest BCUT2D eigenvalue weighted by molar-refractivity contribution is 0.553. The average Bonchev–Trinajstić information content (AvgIpc) is 2.83. The van der Waals surface area contributed by atoms with E-state index < -0.39 is 0 Å². The Morgan fingerprint density at radius 2 is 2.17 bits per heavy atom. The predicted octanol–water partition coefficient (Wildman–Crippen LogP) is 3.22. The van der Waals surface area contributed by atoms with Gasteiger partial charge in [-0.05, 0) is 46.1 Å². The van der Waals surface area contributed by atoms with Crippen LogP contribution in [0.4, 0.5) is 0 Å². The summed E-state index contributed by atoms with van der Waals surface area (Å²) < 4.78 is 0.973. The highest BCUT2D eigenvalue weighted by Gasteiger charge is 2.12. The van der Waals surface area contributed by atoms with Crippen LogP contribution in [0.25, 0.3) is 0 Å². The van der Waals surface area contributed by atoms with E-state index >= 15 is 0 Å². The van der Waals surface area contributed by atoms with Crippen molar-refractivity contribution in [3.8, 4) is 0 Å². The number of hydrazine groups is 1. The molecule has 0 aliphatic rings. The summed E-state index contributed by atoms with van der Waals surface area (Å²) in [4.78, 5) is 6.93. The van der Waals surface area contributed by atoms with Gasteiger partial charge in [0.2, 0.25) is 0 Å². The van der Waals surface area contributed by atoms with Crippen molar-refractivity contribution in [1.82, 2.24) is 10.4 Å². The molecule has 0 spiro atoms. The van der Waals surface area contributed by atoms with Crippen LogP contribution in [0.2, 0.25) is 0 Å². The number of aryl methyl sites for hydroxylation is 1. The summed E-state index contributed by atoms with van der Waals surface area (Å²) in [5.41, 5.74) is 3.96. The molecule has 5 heteroatoms. The molecule has 2 heterocycles. The largest absolute Gasteiger partial charge is 0.271 e. The van der Waals surface area contributed by atoms with Crippen molar-refractivity contribution in [3.05, 3.63) is 50.4 Å². The second kappa shape index (κ2) is 6.43. The smallest absolute Gasteiger partial charge is 0.0523 e. The van der Waals surface area contributed by atoms with Gasteiger partial charge in [-0.15, -0.1) is 11.3 Å². The van der Waals surface area contributed by atoms with Crippen LogP contribution in [0.5, 0.6) is 0 Å². The summed E-state index contributed by atoms with van der Waals surface area (Å²) >= 11 is 5.28. The quantitative estimate of drug-likeness (QED) is 0.655. The normalized spacial score (nSPS) is 12.6. The number of aromatic nitrogens is 1. The van der Waals surface area contributed by atoms with Crippen LogP contribution in [0.1, 0.15) is 28.3 Å². The zero-order chi connectivity index (χ0) is 13.0. The Bertz CT molecular complexity index is 512. The first-order chi connectivity index (χ1) is 8.72. The van der Waals surface area contributed by atoms with Crippen molar-refractivity contribution in [2.24, 2.45) is 5.84 Å². The van der Waals surface area contributed by atoms with E-state index in [-0.39, 0.29) is 6.04 Å². The zero-order valence-electron chi connectivity index (χ0n) is 10.2. The summed E-state index contributed by atoms with van der Waals surface area (Å²) in [6, 6.07) is 6.51. The molecular weight excluding hydrogens is 310 g/mol. The molecule has 0 aliphatic carbocycles. The first kappa shape index (κ1) is 13.7. The van der Waals surface area contributed by atoms with Crippen LogP contribution in [0.3, 0.4) is 0 Å². The van der Waals surface area contributed by atoms with Crippen LogP contribution < -0.4 is 11.3 Å². The van der Waals surface area contributed by atoms with Gasteiger partial charge in [-0.25, -0.2) is 0 Å². The average molecular weight is 326 g/mol. The van der Waals surface area contributed by atoms with Gasteiger partial charge in [-0.3, -0.25) is 16.3 Å². The third-order valence-corrected chi connectivity index (χ3v) is 4.49. The fourth-order valence-electron chi connectivity index (χ4n) is 1.82. The van der Waals surface area contributed by atoms with Gasteiger partial charge in [-0.1, -0.05) is 6.92 Å². The molecule has 0 saturated heterocycles. The van der Waals surface area contributed by atoms with Crippen molar-refractivity contribution >= 4 is 27.3 Å². The summed E-state index contributed by atoms with van der Waals surface area (Å²) in [5, 5.41) is 0. The van der Waals surface area contributed by atoms with E-state index in [2.05, 4.69) is 45.4 Å². The minimum atomic E-state index is 0.0957. The van der Waals surface area contributed by atoms with E-state index in [9.17, 15) is 0 Å². The van der Waals surface area contributed by atoms with Crippen molar-refractivity contribution in [3.63, 3.8) is 0 Å². The van der Waals surface area contributed by atoms with E-state index in [1.54, 1.807) is 6.20 Å². The Kier molecular flexibility index (Phi) is 4.88. The summed E-state index contributed by atoms with van der Waals surface area (Å²) in [6.45, 7) is 2.17. The van der Waals surface area contributed by atoms with E-state index in [1.807, 2.05) is 23.6 Å². The van der Waals surface area contributed by atoms with Crippen molar-refractivity contribution in [1.29, 1.82) is 0 Å². The number of rotatable bonds is 5. The summed E-state index contributed by atoms with van der Waals surface area (Å²) in [6.07, 6.45) is 5.60. The minimum Gasteiger partial charge on any atom is -0.271 e. The molecule has 0 aromatic carbocycles. The standard InChI is InChI=1S/C13H16BrN3S/c1-2-11-3-4-12(18-11)6-13(17-15)9-5-10(14)8-16-7-9/h3-5,7-8,13,17H,2,6,15H2,1H3. The van der Waals surface area contributed by atoms with Gasteiger partial charge in [0, 0.05) is 33.0 Å². The molecular formula is C13H16BrN3S. The monoisotopic (exact) mass is 325 g/mol. The minimum absolute atomic E-state index is 0.0957. The molecule has 18 heavy (non-hydrogen) atoms. The zero-order valence-corrected chi connectivity index (χ0v) is 12.6. The maximum absolute atomic E-state index is 5.65. The number of nitrogens with zero attached hydrogens (tertiary/aromatic N) is 1. The van der Waals surface area contributed by atoms with Crippen molar-refractivity contribution in [2.45, 2.75) is 25.8 Å². The van der Waals surface area contributed by atoms with E-state index in [4.69, 9.17) is 5.84 Å². The molecule has 2 rings (SSSR count). The van der Waals surface area contributed by atoms with Gasteiger partial charge in [0.25, 0.3) is 0 Å². The van der Waals surface area contributed by atoms with Crippen LogP contribution >= 0.6 is 27.3 Å². The lowest BCUT2D eigenvalue weighted by atomic mass is 10.1. The topological polar surface area (TPSA) is 50.9 Å². The first-order valence-electron chi connectivity index (χ1n) is 5.87. The van der Waals surface area contributed by atoms with Crippen LogP contribution in [0.15, 0.2) is 35.1 Å². The molecule has 0 radical (unpaired) electrons. The van der Waals surface area contributed by atoms with Gasteiger partial charge < -0.3 is 0 Å². The molecule has 2 aromatic heterocycles. The Labute approximate surface area is 120 Å². The predicted molar refractivity (Wildman–Crippen MR) is 79.4 cm³/mol. The molecule has 0 bridgehead atoms. The molecule has 2 aromatic rings. The van der Waals surface area contributed by atoms with Gasteiger partial charge in [0.05, 0.1) is 6.04 Å². The van der Waals surface area contributed by atoms with Crippen LogP contribution in [0, 0.1) is 0 Å². The Balaban J connectivity index is 2.14. The number of hydrogen-bond donors (Lipinski definition) is 2. The van der Waals surface area contributed by atoms with Crippen LogP contribution in [-0.4, -0.2) is 4.98 Å². The van der Waals surface area contributed by atoms with Crippen LogP contribution in [-0.2, 0) is 12.8 Å². The number of halogens is 1. The van der Waals surface area contributed by atoms with Gasteiger partial charge in [0.1, 0.15) is 0 Å². The number of pyridine rings is 1. The van der Waals surface area contributed by atoms with Gasteiger partial charge >= 0.3 is 0 Å². The molecule has 0 amide bonds. The molecule has 0 fully saturated rings. The molecule has 96 valence electrons. The van der Waals surface area contributed by atoms with Crippen molar-refractivity contribution < 1.29 is 0 Å². The molecule has 3 N–H and O–H groups in total. The lowest BCUT2D eigenvalue weighted by Crippen LogP contribution is -2.29. The van der Waals surface area contributed by atoms with E-state index in [0.29, 0.717) is 0 Å². The number of hydrogen-bond acceptors (Lipinski definition) is 4. The SMILES string of the molecule is CCc1ccc(CC(NN)c2cncc(Br)c2)s1. The maximum Gasteiger partial charge on any atom is 0.0523 e. The third kappa shape index (κ3) is 3.38. The van der Waals surface area contributed by atoms with E-state index in [0.717, 1.165) is 22.9 Å². The second-order valence-electron chi connectivity index (χ2n) is 4.08. The molecule has 1 unspecified atom stereocenters. The Morgan fingerprint density at radius 3 is 2.78 bits per heavy atom. The fourth-order valence-corrected chi connectivity index (χ4v) is 3.20. The molecule has 0 saturated carbocycles. The second-order valence-corrected chi connectivity index (χ2v) is 6.25. The summed E-state index contributed by atoms with van der Waals surface area (Å²) in [5.74, 6) is 5.65. The van der Waals surface area contributed by atoms with Crippen molar-refractivity contribution in [2.75, 3.05) is 0 Å². The molecule has 0 aliphatic heterocycles. The number of thiophene rings is 1. The van der Waals surface area contributed by atoms with E-state index in [1.165, 1.54) is 9.75 Å². The molecule has 3 nitrogen and oxygen atoms in total. The number of nitrogens with one attached hydrogen (secondary N) is 1. The van der Waals surface area contributed by atoms with Gasteiger partial charge in [0.15, 0.2) is 0 Å². The first-order valence-corrected chi connectivity index (χ1v) is 7.48. The third-order valence-electron chi connectivity index (χ3n) is 2.80. The Hall–Kier alpha value is -0.750. The lowest BCUT2D eigenvalue weighted by Gasteiger charge is -2.15. The highest BCUT2D eigenvalue weighted by Crippen LogP contribution is 2.24. The molecule has 1 atom stereocenters. The highest BCUT2D eigenvalue weighted by molar-refractivity contribution is 9.10. The Morgan fingerprint density at radius 1 is 1.39 bits per heavy atom. The fraction of sp³-hybridized carbons (Fsp3) is 0.308. The number of nitrogens with two attached hydrogens (primary N) is 1. The maximum atomic E-state index is 5.65. The summed E-state index contributed by atoms with van der Waals surface area (Å²) in [7, 11) is 0.